The fraction of sp³-hybridized carbons (Fsp3) is 0.615. The van der Waals surface area contributed by atoms with Crippen LogP contribution in [0, 0.1) is 15.5 Å². The largest absolute Gasteiger partial charge is 0.364 e. The Morgan fingerprint density at radius 1 is 1.47 bits per heavy atom. The van der Waals surface area contributed by atoms with Gasteiger partial charge < -0.3 is 5.32 Å². The number of nitro groups is 1. The smallest absolute Gasteiger partial charge is 0.312 e. The van der Waals surface area contributed by atoms with Crippen LogP contribution in [-0.4, -0.2) is 16.5 Å². The van der Waals surface area contributed by atoms with E-state index in [1.165, 1.54) is 31.5 Å². The van der Waals surface area contributed by atoms with Gasteiger partial charge in [0.15, 0.2) is 0 Å². The first kappa shape index (κ1) is 14.1. The zero-order valence-electron chi connectivity index (χ0n) is 11.0. The zero-order valence-corrected chi connectivity index (χ0v) is 11.7. The molecule has 1 aromatic heterocycles. The van der Waals surface area contributed by atoms with Crippen LogP contribution < -0.4 is 5.32 Å². The maximum absolute atomic E-state index is 11.0. The van der Waals surface area contributed by atoms with Gasteiger partial charge in [-0.05, 0) is 18.3 Å². The van der Waals surface area contributed by atoms with Crippen molar-refractivity contribution in [1.29, 1.82) is 0 Å². The third-order valence-electron chi connectivity index (χ3n) is 3.77. The molecule has 104 valence electrons. The highest BCUT2D eigenvalue weighted by Crippen LogP contribution is 2.36. The minimum atomic E-state index is -0.454. The van der Waals surface area contributed by atoms with E-state index in [0.717, 1.165) is 12.8 Å². The lowest BCUT2D eigenvalue weighted by molar-refractivity contribution is -0.384. The van der Waals surface area contributed by atoms with Crippen LogP contribution in [0.3, 0.4) is 0 Å². The maximum atomic E-state index is 11.0. The van der Waals surface area contributed by atoms with Gasteiger partial charge in [0, 0.05) is 18.8 Å². The van der Waals surface area contributed by atoms with Gasteiger partial charge in [-0.2, -0.15) is 0 Å². The number of halogens is 1. The molecule has 0 amide bonds. The molecule has 0 atom stereocenters. The van der Waals surface area contributed by atoms with Crippen LogP contribution in [0.2, 0.25) is 5.02 Å². The van der Waals surface area contributed by atoms with Gasteiger partial charge in [0.1, 0.15) is 0 Å². The van der Waals surface area contributed by atoms with Gasteiger partial charge in [-0.25, -0.2) is 4.98 Å². The van der Waals surface area contributed by atoms with Crippen LogP contribution in [0.1, 0.15) is 39.0 Å². The zero-order chi connectivity index (χ0) is 13.9. The van der Waals surface area contributed by atoms with E-state index in [4.69, 9.17) is 11.6 Å². The van der Waals surface area contributed by atoms with Crippen molar-refractivity contribution in [3.8, 4) is 0 Å². The van der Waals surface area contributed by atoms with E-state index in [1.807, 2.05) is 0 Å². The molecule has 0 bridgehead atoms. The number of anilines is 1. The van der Waals surface area contributed by atoms with Gasteiger partial charge in [-0.1, -0.05) is 37.8 Å². The van der Waals surface area contributed by atoms with Crippen molar-refractivity contribution in [2.75, 3.05) is 11.9 Å². The number of aromatic nitrogens is 1. The molecule has 0 unspecified atom stereocenters. The molecule has 0 saturated heterocycles. The monoisotopic (exact) mass is 283 g/mol. The second kappa shape index (κ2) is 5.74. The van der Waals surface area contributed by atoms with E-state index in [9.17, 15) is 10.1 Å². The van der Waals surface area contributed by atoms with Crippen molar-refractivity contribution < 1.29 is 4.92 Å². The first-order valence-corrected chi connectivity index (χ1v) is 6.92. The molecule has 1 aromatic rings. The topological polar surface area (TPSA) is 68.1 Å². The van der Waals surface area contributed by atoms with Crippen molar-refractivity contribution in [1.82, 2.24) is 4.98 Å². The number of hydrogen-bond acceptors (Lipinski definition) is 4. The third-order valence-corrected chi connectivity index (χ3v) is 3.98. The molecule has 6 heteroatoms. The summed E-state index contributed by atoms with van der Waals surface area (Å²) in [6.07, 6.45) is 7.49. The summed E-state index contributed by atoms with van der Waals surface area (Å²) >= 11 is 5.74. The van der Waals surface area contributed by atoms with Gasteiger partial charge >= 0.3 is 5.69 Å². The Balaban J connectivity index is 2.08. The van der Waals surface area contributed by atoms with Crippen LogP contribution in [0.4, 0.5) is 11.5 Å². The van der Waals surface area contributed by atoms with Gasteiger partial charge in [0.05, 0.1) is 9.95 Å². The fourth-order valence-corrected chi connectivity index (χ4v) is 2.74. The quantitative estimate of drug-likeness (QED) is 0.669. The molecule has 0 radical (unpaired) electrons. The van der Waals surface area contributed by atoms with Gasteiger partial charge in [-0.3, -0.25) is 10.1 Å². The Bertz CT molecular complexity index is 473. The Hall–Kier alpha value is -1.36. The van der Waals surface area contributed by atoms with Crippen LogP contribution in [0.5, 0.6) is 0 Å². The molecule has 19 heavy (non-hydrogen) atoms. The number of nitrogens with one attached hydrogen (secondary N) is 1. The highest BCUT2D eigenvalue weighted by molar-refractivity contribution is 6.30. The van der Waals surface area contributed by atoms with E-state index in [2.05, 4.69) is 17.2 Å². The Morgan fingerprint density at radius 3 is 2.79 bits per heavy atom. The summed E-state index contributed by atoms with van der Waals surface area (Å²) in [5.74, 6) is 0.307. The molecule has 0 spiro atoms. The molecule has 1 heterocycles. The molecular formula is C13H18ClN3O2. The Labute approximate surface area is 117 Å². The van der Waals surface area contributed by atoms with Crippen LogP contribution in [-0.2, 0) is 0 Å². The van der Waals surface area contributed by atoms with Crippen molar-refractivity contribution in [2.24, 2.45) is 5.41 Å². The minimum Gasteiger partial charge on any atom is -0.364 e. The van der Waals surface area contributed by atoms with E-state index < -0.39 is 4.92 Å². The molecule has 1 aliphatic rings. The van der Waals surface area contributed by atoms with E-state index in [1.54, 1.807) is 0 Å². The average molecular weight is 284 g/mol. The van der Waals surface area contributed by atoms with E-state index in [0.29, 0.717) is 12.4 Å². The number of rotatable bonds is 4. The van der Waals surface area contributed by atoms with Gasteiger partial charge in [-0.15, -0.1) is 0 Å². The maximum Gasteiger partial charge on any atom is 0.312 e. The van der Waals surface area contributed by atoms with E-state index in [-0.39, 0.29) is 16.1 Å². The lowest BCUT2D eigenvalue weighted by Gasteiger charge is -2.33. The molecule has 0 aromatic carbocycles. The molecule has 2 rings (SSSR count). The summed E-state index contributed by atoms with van der Waals surface area (Å²) in [7, 11) is 0. The van der Waals surface area contributed by atoms with Crippen molar-refractivity contribution >= 4 is 23.1 Å². The summed E-state index contributed by atoms with van der Waals surface area (Å²) in [4.78, 5) is 14.5. The first-order chi connectivity index (χ1) is 9.00. The fourth-order valence-electron chi connectivity index (χ4n) is 2.58. The lowest BCUT2D eigenvalue weighted by atomic mass is 9.76. The standard InChI is InChI=1S/C13H18ClN3O2/c1-13(5-3-2-4-6-13)9-16-12-11(17(18)19)7-10(14)8-15-12/h7-8H,2-6,9H2,1H3,(H,15,16). The number of nitrogens with zero attached hydrogens (tertiary/aromatic N) is 2. The molecule has 0 aliphatic heterocycles. The summed E-state index contributed by atoms with van der Waals surface area (Å²) in [6, 6.07) is 1.33. The van der Waals surface area contributed by atoms with Crippen LogP contribution >= 0.6 is 11.6 Å². The summed E-state index contributed by atoms with van der Waals surface area (Å²) in [5.41, 5.74) is 0.139. The minimum absolute atomic E-state index is 0.0630. The van der Waals surface area contributed by atoms with Crippen molar-refractivity contribution in [3.63, 3.8) is 0 Å². The molecular weight excluding hydrogens is 266 g/mol. The summed E-state index contributed by atoms with van der Waals surface area (Å²) < 4.78 is 0. The summed E-state index contributed by atoms with van der Waals surface area (Å²) in [6.45, 7) is 2.93. The Kier molecular flexibility index (Phi) is 4.24. The second-order valence-electron chi connectivity index (χ2n) is 5.50. The first-order valence-electron chi connectivity index (χ1n) is 6.54. The van der Waals surface area contributed by atoms with E-state index >= 15 is 0 Å². The van der Waals surface area contributed by atoms with Gasteiger partial charge in [0.25, 0.3) is 0 Å². The molecule has 1 N–H and O–H groups in total. The summed E-state index contributed by atoms with van der Waals surface area (Å²) in [5, 5.41) is 14.4. The highest BCUT2D eigenvalue weighted by atomic mass is 35.5. The number of hydrogen-bond donors (Lipinski definition) is 1. The van der Waals surface area contributed by atoms with Gasteiger partial charge in [0.2, 0.25) is 5.82 Å². The average Bonchev–Trinajstić information content (AvgIpc) is 2.38. The lowest BCUT2D eigenvalue weighted by Crippen LogP contribution is -2.29. The predicted molar refractivity (Wildman–Crippen MR) is 75.6 cm³/mol. The number of pyridine rings is 1. The molecule has 5 nitrogen and oxygen atoms in total. The SMILES string of the molecule is CC1(CNc2ncc(Cl)cc2[N+](=O)[O-])CCCCC1. The third kappa shape index (κ3) is 3.56. The van der Waals surface area contributed by atoms with Crippen LogP contribution in [0.25, 0.3) is 0 Å². The molecule has 1 saturated carbocycles. The molecule has 1 fully saturated rings. The predicted octanol–water partition coefficient (Wildman–Crippen LogP) is 4.03. The normalized spacial score (nSPS) is 18.0. The van der Waals surface area contributed by atoms with Crippen LogP contribution in [0.15, 0.2) is 12.3 Å². The Morgan fingerprint density at radius 2 is 2.16 bits per heavy atom. The second-order valence-corrected chi connectivity index (χ2v) is 5.94. The van der Waals surface area contributed by atoms with Crippen molar-refractivity contribution in [3.05, 3.63) is 27.4 Å². The van der Waals surface area contributed by atoms with Crippen molar-refractivity contribution in [2.45, 2.75) is 39.0 Å². The highest BCUT2D eigenvalue weighted by Gasteiger charge is 2.27. The molecule has 1 aliphatic carbocycles.